The van der Waals surface area contributed by atoms with E-state index in [9.17, 15) is 4.79 Å². The summed E-state index contributed by atoms with van der Waals surface area (Å²) in [6.07, 6.45) is 1.63. The van der Waals surface area contributed by atoms with Crippen LogP contribution in [0.25, 0.3) is 6.08 Å². The number of rotatable bonds is 4. The number of carbonyl (C=O) groups excluding carboxylic acids is 1. The van der Waals surface area contributed by atoms with Gasteiger partial charge in [0.05, 0.1) is 14.2 Å². The summed E-state index contributed by atoms with van der Waals surface area (Å²) >= 11 is 0. The number of aliphatic imine (C=N–C) groups is 1. The van der Waals surface area contributed by atoms with Crippen molar-refractivity contribution in [3.8, 4) is 11.5 Å². The zero-order valence-electron chi connectivity index (χ0n) is 13.7. The molecule has 1 aliphatic rings. The Morgan fingerprint density at radius 1 is 1.08 bits per heavy atom. The van der Waals surface area contributed by atoms with Crippen LogP contribution >= 0.6 is 0 Å². The van der Waals surface area contributed by atoms with E-state index in [1.165, 1.54) is 0 Å². The number of ether oxygens (including phenoxy) is 3. The first-order chi connectivity index (χ1) is 11.6. The van der Waals surface area contributed by atoms with Crippen molar-refractivity contribution in [2.24, 2.45) is 4.99 Å². The standard InChI is InChI=1S/C19H17NO4/c1-12-6-4-5-7-15(12)18-20-16(19(21)24-18)11-13-10-14(22-2)8-9-17(13)23-3/h4-11H,1-3H3. The van der Waals surface area contributed by atoms with Crippen LogP contribution in [0.15, 0.2) is 53.2 Å². The molecular weight excluding hydrogens is 306 g/mol. The Morgan fingerprint density at radius 2 is 1.88 bits per heavy atom. The molecule has 2 aromatic rings. The molecule has 122 valence electrons. The number of benzene rings is 2. The first-order valence-electron chi connectivity index (χ1n) is 7.43. The monoisotopic (exact) mass is 323 g/mol. The van der Waals surface area contributed by atoms with E-state index in [1.807, 2.05) is 31.2 Å². The van der Waals surface area contributed by atoms with E-state index in [2.05, 4.69) is 4.99 Å². The van der Waals surface area contributed by atoms with Crippen LogP contribution in [0, 0.1) is 6.92 Å². The highest BCUT2D eigenvalue weighted by Gasteiger charge is 2.25. The van der Waals surface area contributed by atoms with E-state index in [0.717, 1.165) is 11.1 Å². The SMILES string of the molecule is COc1ccc(OC)c(C=C2N=C(c3ccccc3C)OC2=O)c1. The maximum absolute atomic E-state index is 12.2. The lowest BCUT2D eigenvalue weighted by atomic mass is 10.1. The maximum atomic E-state index is 12.2. The lowest BCUT2D eigenvalue weighted by Gasteiger charge is -2.07. The van der Waals surface area contributed by atoms with Crippen LogP contribution in [-0.2, 0) is 9.53 Å². The van der Waals surface area contributed by atoms with Gasteiger partial charge in [-0.2, -0.15) is 0 Å². The average molecular weight is 323 g/mol. The van der Waals surface area contributed by atoms with E-state index in [-0.39, 0.29) is 5.70 Å². The molecule has 5 heteroatoms. The molecule has 1 aliphatic heterocycles. The third-order valence-corrected chi connectivity index (χ3v) is 3.73. The molecule has 0 amide bonds. The molecule has 0 radical (unpaired) electrons. The van der Waals surface area contributed by atoms with Crippen LogP contribution in [-0.4, -0.2) is 26.1 Å². The fraction of sp³-hybridized carbons (Fsp3) is 0.158. The minimum absolute atomic E-state index is 0.222. The van der Waals surface area contributed by atoms with Gasteiger partial charge in [0.25, 0.3) is 0 Å². The van der Waals surface area contributed by atoms with E-state index in [0.29, 0.717) is 23.0 Å². The zero-order chi connectivity index (χ0) is 17.1. The number of aryl methyl sites for hydroxylation is 1. The lowest BCUT2D eigenvalue weighted by Crippen LogP contribution is -2.06. The van der Waals surface area contributed by atoms with Crippen molar-refractivity contribution in [3.63, 3.8) is 0 Å². The Balaban J connectivity index is 2.02. The highest BCUT2D eigenvalue weighted by Crippen LogP contribution is 2.28. The normalized spacial score (nSPS) is 15.2. The number of nitrogens with zero attached hydrogens (tertiary/aromatic N) is 1. The van der Waals surface area contributed by atoms with Gasteiger partial charge in [0, 0.05) is 11.1 Å². The summed E-state index contributed by atoms with van der Waals surface area (Å²) in [5, 5.41) is 0. The molecular formula is C19H17NO4. The smallest absolute Gasteiger partial charge is 0.363 e. The third kappa shape index (κ3) is 3.01. The minimum atomic E-state index is -0.488. The van der Waals surface area contributed by atoms with Crippen LogP contribution in [0.3, 0.4) is 0 Å². The fourth-order valence-electron chi connectivity index (χ4n) is 2.44. The van der Waals surface area contributed by atoms with Gasteiger partial charge in [-0.25, -0.2) is 9.79 Å². The van der Waals surface area contributed by atoms with Gasteiger partial charge in [-0.1, -0.05) is 18.2 Å². The van der Waals surface area contributed by atoms with Gasteiger partial charge in [0.1, 0.15) is 11.5 Å². The van der Waals surface area contributed by atoms with Crippen LogP contribution in [0.4, 0.5) is 0 Å². The number of carbonyl (C=O) groups is 1. The van der Waals surface area contributed by atoms with Crippen LogP contribution in [0.1, 0.15) is 16.7 Å². The molecule has 0 unspecified atom stereocenters. The van der Waals surface area contributed by atoms with Gasteiger partial charge in [0.15, 0.2) is 5.70 Å². The molecule has 5 nitrogen and oxygen atoms in total. The van der Waals surface area contributed by atoms with Gasteiger partial charge in [-0.15, -0.1) is 0 Å². The quantitative estimate of drug-likeness (QED) is 0.639. The maximum Gasteiger partial charge on any atom is 0.363 e. The molecule has 0 saturated heterocycles. The molecule has 0 N–H and O–H groups in total. The Labute approximate surface area is 140 Å². The van der Waals surface area contributed by atoms with Gasteiger partial charge in [0.2, 0.25) is 5.90 Å². The van der Waals surface area contributed by atoms with Gasteiger partial charge < -0.3 is 14.2 Å². The summed E-state index contributed by atoms with van der Waals surface area (Å²) in [7, 11) is 3.15. The largest absolute Gasteiger partial charge is 0.497 e. The topological polar surface area (TPSA) is 57.1 Å². The summed E-state index contributed by atoms with van der Waals surface area (Å²) in [6.45, 7) is 1.94. The number of cyclic esters (lactones) is 1. The van der Waals surface area contributed by atoms with Crippen molar-refractivity contribution in [2.75, 3.05) is 14.2 Å². The fourth-order valence-corrected chi connectivity index (χ4v) is 2.44. The Morgan fingerprint density at radius 3 is 2.58 bits per heavy atom. The van der Waals surface area contributed by atoms with Gasteiger partial charge in [-0.3, -0.25) is 0 Å². The van der Waals surface area contributed by atoms with E-state index in [1.54, 1.807) is 38.5 Å². The van der Waals surface area contributed by atoms with Crippen LogP contribution in [0.2, 0.25) is 0 Å². The lowest BCUT2D eigenvalue weighted by molar-refractivity contribution is -0.129. The van der Waals surface area contributed by atoms with E-state index in [4.69, 9.17) is 14.2 Å². The van der Waals surface area contributed by atoms with E-state index < -0.39 is 5.97 Å². The van der Waals surface area contributed by atoms with Crippen molar-refractivity contribution in [2.45, 2.75) is 6.92 Å². The zero-order valence-corrected chi connectivity index (χ0v) is 13.7. The summed E-state index contributed by atoms with van der Waals surface area (Å²) in [4.78, 5) is 16.5. The number of methoxy groups -OCH3 is 2. The van der Waals surface area contributed by atoms with Crippen molar-refractivity contribution in [1.82, 2.24) is 0 Å². The van der Waals surface area contributed by atoms with Gasteiger partial charge in [-0.05, 0) is 42.8 Å². The molecule has 0 bridgehead atoms. The molecule has 0 aromatic heterocycles. The molecule has 0 atom stereocenters. The molecule has 0 saturated carbocycles. The minimum Gasteiger partial charge on any atom is -0.497 e. The second kappa shape index (κ2) is 6.58. The summed E-state index contributed by atoms with van der Waals surface area (Å²) in [5.74, 6) is 1.11. The molecule has 1 heterocycles. The van der Waals surface area contributed by atoms with Crippen LogP contribution < -0.4 is 9.47 Å². The molecule has 0 fully saturated rings. The van der Waals surface area contributed by atoms with Crippen molar-refractivity contribution in [3.05, 3.63) is 64.9 Å². The first kappa shape index (κ1) is 15.8. The second-order valence-corrected chi connectivity index (χ2v) is 5.26. The summed E-state index contributed by atoms with van der Waals surface area (Å²) in [5.41, 5.74) is 2.70. The molecule has 24 heavy (non-hydrogen) atoms. The summed E-state index contributed by atoms with van der Waals surface area (Å²) < 4.78 is 15.8. The predicted molar refractivity (Wildman–Crippen MR) is 91.3 cm³/mol. The number of hydrogen-bond donors (Lipinski definition) is 0. The van der Waals surface area contributed by atoms with E-state index >= 15 is 0 Å². The van der Waals surface area contributed by atoms with Crippen molar-refractivity contribution < 1.29 is 19.0 Å². The Bertz CT molecular complexity index is 852. The second-order valence-electron chi connectivity index (χ2n) is 5.26. The number of hydrogen-bond acceptors (Lipinski definition) is 5. The number of esters is 1. The Kier molecular flexibility index (Phi) is 4.33. The highest BCUT2D eigenvalue weighted by atomic mass is 16.6. The Hall–Kier alpha value is -3.08. The highest BCUT2D eigenvalue weighted by molar-refractivity contribution is 6.13. The predicted octanol–water partition coefficient (Wildman–Crippen LogP) is 3.36. The molecule has 0 spiro atoms. The average Bonchev–Trinajstić information content (AvgIpc) is 2.95. The first-order valence-corrected chi connectivity index (χ1v) is 7.43. The van der Waals surface area contributed by atoms with Gasteiger partial charge >= 0.3 is 5.97 Å². The summed E-state index contributed by atoms with van der Waals surface area (Å²) in [6, 6.07) is 13.0. The van der Waals surface area contributed by atoms with Crippen LogP contribution in [0.5, 0.6) is 11.5 Å². The molecule has 0 aliphatic carbocycles. The molecule has 3 rings (SSSR count). The third-order valence-electron chi connectivity index (χ3n) is 3.73. The van der Waals surface area contributed by atoms with Crippen molar-refractivity contribution >= 4 is 17.9 Å². The molecule has 2 aromatic carbocycles. The van der Waals surface area contributed by atoms with Crippen molar-refractivity contribution in [1.29, 1.82) is 0 Å².